The van der Waals surface area contributed by atoms with Gasteiger partial charge in [0.25, 0.3) is 0 Å². The smallest absolute Gasteiger partial charge is 0.310 e. The van der Waals surface area contributed by atoms with Crippen LogP contribution in [-0.2, 0) is 16.0 Å². The van der Waals surface area contributed by atoms with Gasteiger partial charge in [-0.1, -0.05) is 45.0 Å². The molecule has 3 rings (SSSR count). The van der Waals surface area contributed by atoms with Crippen LogP contribution in [0.25, 0.3) is 0 Å². The molecule has 2 bridgehead atoms. The van der Waals surface area contributed by atoms with Crippen molar-refractivity contribution in [2.45, 2.75) is 64.5 Å². The van der Waals surface area contributed by atoms with E-state index >= 15 is 0 Å². The summed E-state index contributed by atoms with van der Waals surface area (Å²) in [5, 5.41) is 0. The number of hydrogen-bond donors (Lipinski definition) is 0. The molecule has 2 saturated heterocycles. The number of nitrogens with zero attached hydrogens (tertiary/aromatic N) is 1. The summed E-state index contributed by atoms with van der Waals surface area (Å²) in [7, 11) is 3.68. The Morgan fingerprint density at radius 3 is 2.57 bits per heavy atom. The second kappa shape index (κ2) is 7.48. The van der Waals surface area contributed by atoms with Gasteiger partial charge in [0.15, 0.2) is 0 Å². The number of fused-ring (bicyclic) bond motifs is 2. The van der Waals surface area contributed by atoms with E-state index in [-0.39, 0.29) is 19.3 Å². The van der Waals surface area contributed by atoms with Crippen LogP contribution in [0.3, 0.4) is 0 Å². The normalized spacial score (nSPS) is 29.9. The molecule has 23 heavy (non-hydrogen) atoms. The summed E-state index contributed by atoms with van der Waals surface area (Å²) >= 11 is 0. The SMILES string of the molecule is C.CCCc1ccc([C@H]2C[C@H]3CCC(C2C(=O)OC)N3C)cc1. The third kappa shape index (κ3) is 3.30. The lowest BCUT2D eigenvalue weighted by atomic mass is 9.76. The van der Waals surface area contributed by atoms with Gasteiger partial charge in [-0.3, -0.25) is 9.69 Å². The fourth-order valence-corrected chi connectivity index (χ4v) is 4.49. The molecule has 0 aliphatic carbocycles. The number of benzene rings is 1. The number of carbonyl (C=O) groups excluding carboxylic acids is 1. The lowest BCUT2D eigenvalue weighted by molar-refractivity contribution is -0.150. The van der Waals surface area contributed by atoms with Crippen LogP contribution in [0.15, 0.2) is 24.3 Å². The number of carbonyl (C=O) groups is 1. The highest BCUT2D eigenvalue weighted by Gasteiger charge is 2.49. The van der Waals surface area contributed by atoms with Crippen LogP contribution < -0.4 is 0 Å². The zero-order valence-corrected chi connectivity index (χ0v) is 13.9. The van der Waals surface area contributed by atoms with Gasteiger partial charge in [0.05, 0.1) is 13.0 Å². The number of aryl methyl sites for hydroxylation is 1. The Kier molecular flexibility index (Phi) is 5.85. The fourth-order valence-electron chi connectivity index (χ4n) is 4.49. The number of hydrogen-bond acceptors (Lipinski definition) is 3. The predicted octanol–water partition coefficient (Wildman–Crippen LogP) is 4.01. The minimum Gasteiger partial charge on any atom is -0.469 e. The highest BCUT2D eigenvalue weighted by Crippen LogP contribution is 2.46. The second-order valence-electron chi connectivity index (χ2n) is 6.85. The van der Waals surface area contributed by atoms with Gasteiger partial charge in [0.1, 0.15) is 0 Å². The summed E-state index contributed by atoms with van der Waals surface area (Å²) in [4.78, 5) is 14.8. The van der Waals surface area contributed by atoms with Gasteiger partial charge in [-0.15, -0.1) is 0 Å². The number of rotatable bonds is 4. The lowest BCUT2D eigenvalue weighted by Gasteiger charge is -2.41. The van der Waals surface area contributed by atoms with E-state index in [1.54, 1.807) is 0 Å². The first-order valence-electron chi connectivity index (χ1n) is 8.54. The minimum absolute atomic E-state index is 0. The molecule has 0 amide bonds. The second-order valence-corrected chi connectivity index (χ2v) is 6.85. The Morgan fingerprint density at radius 1 is 1.26 bits per heavy atom. The van der Waals surface area contributed by atoms with Crippen LogP contribution in [0.1, 0.15) is 57.1 Å². The summed E-state index contributed by atoms with van der Waals surface area (Å²) in [5.41, 5.74) is 2.69. The Morgan fingerprint density at radius 2 is 1.96 bits per heavy atom. The average molecular weight is 317 g/mol. The van der Waals surface area contributed by atoms with Gasteiger partial charge >= 0.3 is 5.97 Å². The molecule has 2 unspecified atom stereocenters. The van der Waals surface area contributed by atoms with Crippen molar-refractivity contribution in [1.29, 1.82) is 0 Å². The zero-order chi connectivity index (χ0) is 15.7. The van der Waals surface area contributed by atoms with Gasteiger partial charge in [0.2, 0.25) is 0 Å². The summed E-state index contributed by atoms with van der Waals surface area (Å²) in [6.45, 7) is 2.20. The number of methoxy groups -OCH3 is 1. The quantitative estimate of drug-likeness (QED) is 0.786. The Bertz CT molecular complexity index is 525. The molecule has 3 heteroatoms. The Balaban J connectivity index is 0.00000192. The molecule has 128 valence electrons. The summed E-state index contributed by atoms with van der Waals surface area (Å²) in [6, 6.07) is 9.88. The van der Waals surface area contributed by atoms with Crippen LogP contribution in [-0.4, -0.2) is 37.1 Å². The Hall–Kier alpha value is -1.35. The first-order chi connectivity index (χ1) is 10.7. The van der Waals surface area contributed by atoms with E-state index in [9.17, 15) is 4.79 Å². The molecule has 3 nitrogen and oxygen atoms in total. The highest BCUT2D eigenvalue weighted by atomic mass is 16.5. The van der Waals surface area contributed by atoms with E-state index in [0.29, 0.717) is 18.0 Å². The van der Waals surface area contributed by atoms with E-state index < -0.39 is 0 Å². The van der Waals surface area contributed by atoms with Crippen molar-refractivity contribution in [3.8, 4) is 0 Å². The largest absolute Gasteiger partial charge is 0.469 e. The van der Waals surface area contributed by atoms with Gasteiger partial charge in [-0.05, 0) is 43.9 Å². The predicted molar refractivity (Wildman–Crippen MR) is 94.6 cm³/mol. The molecule has 1 aromatic carbocycles. The van der Waals surface area contributed by atoms with Crippen molar-refractivity contribution >= 4 is 5.97 Å². The van der Waals surface area contributed by atoms with E-state index in [1.807, 2.05) is 0 Å². The summed E-state index contributed by atoms with van der Waals surface area (Å²) in [5.74, 6) is 0.238. The van der Waals surface area contributed by atoms with Gasteiger partial charge in [-0.25, -0.2) is 0 Å². The van der Waals surface area contributed by atoms with Crippen LogP contribution in [0.2, 0.25) is 0 Å². The molecule has 0 radical (unpaired) electrons. The first-order valence-corrected chi connectivity index (χ1v) is 8.54. The van der Waals surface area contributed by atoms with Crippen LogP contribution in [0.4, 0.5) is 0 Å². The molecular weight excluding hydrogens is 286 g/mol. The van der Waals surface area contributed by atoms with Crippen molar-refractivity contribution < 1.29 is 9.53 Å². The number of ether oxygens (including phenoxy) is 1. The maximum atomic E-state index is 12.4. The van der Waals surface area contributed by atoms with Gasteiger partial charge in [0, 0.05) is 18.0 Å². The van der Waals surface area contributed by atoms with Crippen molar-refractivity contribution in [1.82, 2.24) is 4.90 Å². The monoisotopic (exact) mass is 317 g/mol. The molecule has 2 fully saturated rings. The van der Waals surface area contributed by atoms with Crippen molar-refractivity contribution in [3.05, 3.63) is 35.4 Å². The molecule has 2 heterocycles. The van der Waals surface area contributed by atoms with E-state index in [1.165, 1.54) is 31.1 Å². The van der Waals surface area contributed by atoms with Gasteiger partial charge < -0.3 is 4.74 Å². The standard InChI is InChI=1S/C19H27NO2.CH4/c1-4-5-13-6-8-14(9-7-13)16-12-15-10-11-17(20(15)2)18(16)19(21)22-3;/h6-9,15-18H,4-5,10-12H2,1-3H3;1H4/t15-,16-,17?,18?;/m1./s1. The third-order valence-corrected chi connectivity index (χ3v) is 5.69. The molecule has 0 spiro atoms. The molecule has 4 atom stereocenters. The molecular formula is C20H31NO2. The van der Waals surface area contributed by atoms with E-state index in [2.05, 4.69) is 43.1 Å². The maximum absolute atomic E-state index is 12.4. The molecule has 2 aliphatic heterocycles. The fraction of sp³-hybridized carbons (Fsp3) is 0.650. The molecule has 0 N–H and O–H groups in total. The summed E-state index contributed by atoms with van der Waals surface area (Å²) < 4.78 is 5.14. The van der Waals surface area contributed by atoms with E-state index in [0.717, 1.165) is 19.3 Å². The maximum Gasteiger partial charge on any atom is 0.310 e. The van der Waals surface area contributed by atoms with Gasteiger partial charge in [-0.2, -0.15) is 0 Å². The molecule has 0 aromatic heterocycles. The molecule has 1 aromatic rings. The van der Waals surface area contributed by atoms with Crippen LogP contribution >= 0.6 is 0 Å². The van der Waals surface area contributed by atoms with E-state index in [4.69, 9.17) is 4.74 Å². The van der Waals surface area contributed by atoms with Crippen molar-refractivity contribution in [2.24, 2.45) is 5.92 Å². The van der Waals surface area contributed by atoms with Crippen LogP contribution in [0.5, 0.6) is 0 Å². The molecule has 2 aliphatic rings. The average Bonchev–Trinajstić information content (AvgIpc) is 2.77. The topological polar surface area (TPSA) is 29.5 Å². The Labute approximate surface area is 141 Å². The highest BCUT2D eigenvalue weighted by molar-refractivity contribution is 5.75. The number of esters is 1. The summed E-state index contributed by atoms with van der Waals surface area (Å²) in [6.07, 6.45) is 5.69. The van der Waals surface area contributed by atoms with Crippen LogP contribution in [0, 0.1) is 5.92 Å². The lowest BCUT2D eigenvalue weighted by Crippen LogP contribution is -2.49. The zero-order valence-electron chi connectivity index (χ0n) is 13.9. The first kappa shape index (κ1) is 18.0. The number of piperidine rings is 1. The van der Waals surface area contributed by atoms with Crippen molar-refractivity contribution in [2.75, 3.05) is 14.2 Å². The third-order valence-electron chi connectivity index (χ3n) is 5.69. The minimum atomic E-state index is -0.0418. The molecule has 0 saturated carbocycles. The van der Waals surface area contributed by atoms with Crippen molar-refractivity contribution in [3.63, 3.8) is 0 Å².